The Bertz CT molecular complexity index is 559. The first-order chi connectivity index (χ1) is 10.1. The molecule has 4 heteroatoms. The van der Waals surface area contributed by atoms with Crippen molar-refractivity contribution in [3.8, 4) is 0 Å². The van der Waals surface area contributed by atoms with Crippen molar-refractivity contribution < 1.29 is 14.7 Å². The van der Waals surface area contributed by atoms with Crippen LogP contribution in [0.3, 0.4) is 0 Å². The lowest BCUT2D eigenvalue weighted by Gasteiger charge is -2.30. The zero-order valence-electron chi connectivity index (χ0n) is 12.2. The molecule has 1 aromatic carbocycles. The molecule has 3 rings (SSSR count). The SMILES string of the molecule is O=C(O)C1CCN(C(=O)Cc2ccc3c(c2)CCC3)CC1. The summed E-state index contributed by atoms with van der Waals surface area (Å²) in [6.07, 6.45) is 5.09. The molecule has 0 spiro atoms. The van der Waals surface area contributed by atoms with Gasteiger partial charge in [0.15, 0.2) is 0 Å². The molecular weight excluding hydrogens is 266 g/mol. The Kier molecular flexibility index (Phi) is 3.95. The lowest BCUT2D eigenvalue weighted by molar-refractivity contribution is -0.145. The fraction of sp³-hybridized carbons (Fsp3) is 0.529. The molecule has 1 N–H and O–H groups in total. The fourth-order valence-corrected chi connectivity index (χ4v) is 3.40. The summed E-state index contributed by atoms with van der Waals surface area (Å²) in [5.74, 6) is -0.897. The van der Waals surface area contributed by atoms with E-state index in [1.165, 1.54) is 17.5 Å². The van der Waals surface area contributed by atoms with Crippen molar-refractivity contribution in [2.75, 3.05) is 13.1 Å². The third-order valence-electron chi connectivity index (χ3n) is 4.72. The molecule has 0 atom stereocenters. The summed E-state index contributed by atoms with van der Waals surface area (Å²) in [5.41, 5.74) is 3.90. The van der Waals surface area contributed by atoms with E-state index in [0.29, 0.717) is 32.4 Å². The average molecular weight is 287 g/mol. The van der Waals surface area contributed by atoms with Crippen LogP contribution < -0.4 is 0 Å². The molecule has 2 aliphatic rings. The summed E-state index contributed by atoms with van der Waals surface area (Å²) in [7, 11) is 0. The second-order valence-electron chi connectivity index (χ2n) is 6.13. The van der Waals surface area contributed by atoms with Gasteiger partial charge in [0.05, 0.1) is 12.3 Å². The Balaban J connectivity index is 1.58. The summed E-state index contributed by atoms with van der Waals surface area (Å²) in [6, 6.07) is 6.39. The number of aryl methyl sites for hydroxylation is 2. The molecule has 0 bridgehead atoms. The van der Waals surface area contributed by atoms with Crippen LogP contribution in [-0.4, -0.2) is 35.0 Å². The average Bonchev–Trinajstić information content (AvgIpc) is 2.95. The smallest absolute Gasteiger partial charge is 0.306 e. The van der Waals surface area contributed by atoms with Crippen molar-refractivity contribution in [1.29, 1.82) is 0 Å². The molecule has 0 unspecified atom stereocenters. The molecule has 1 saturated heterocycles. The number of piperidine rings is 1. The van der Waals surface area contributed by atoms with E-state index in [1.54, 1.807) is 0 Å². The molecule has 0 radical (unpaired) electrons. The summed E-state index contributed by atoms with van der Waals surface area (Å²) < 4.78 is 0. The number of aliphatic carboxylic acids is 1. The molecule has 0 aromatic heterocycles. The maximum atomic E-state index is 12.3. The number of benzene rings is 1. The third-order valence-corrected chi connectivity index (χ3v) is 4.72. The minimum atomic E-state index is -0.735. The van der Waals surface area contributed by atoms with Crippen LogP contribution in [0.25, 0.3) is 0 Å². The number of likely N-dealkylation sites (tertiary alicyclic amines) is 1. The van der Waals surface area contributed by atoms with Gasteiger partial charge in [-0.1, -0.05) is 18.2 Å². The molecule has 4 nitrogen and oxygen atoms in total. The molecule has 1 amide bonds. The van der Waals surface area contributed by atoms with Crippen LogP contribution in [0.2, 0.25) is 0 Å². The molecule has 1 aromatic rings. The number of carboxylic acid groups (broad SMARTS) is 1. The first kappa shape index (κ1) is 14.1. The van der Waals surface area contributed by atoms with Gasteiger partial charge < -0.3 is 10.0 Å². The van der Waals surface area contributed by atoms with E-state index in [2.05, 4.69) is 18.2 Å². The van der Waals surface area contributed by atoms with E-state index < -0.39 is 5.97 Å². The second-order valence-corrected chi connectivity index (χ2v) is 6.13. The van der Waals surface area contributed by atoms with Gasteiger partial charge in [0.2, 0.25) is 5.91 Å². The highest BCUT2D eigenvalue weighted by Gasteiger charge is 2.27. The maximum Gasteiger partial charge on any atom is 0.306 e. The molecule has 1 aliphatic heterocycles. The number of carboxylic acids is 1. The van der Waals surface area contributed by atoms with Gasteiger partial charge in [-0.2, -0.15) is 0 Å². The van der Waals surface area contributed by atoms with Gasteiger partial charge in [0.25, 0.3) is 0 Å². The van der Waals surface area contributed by atoms with Crippen LogP contribution in [0.15, 0.2) is 18.2 Å². The zero-order chi connectivity index (χ0) is 14.8. The number of carbonyl (C=O) groups is 2. The molecular formula is C17H21NO3. The highest BCUT2D eigenvalue weighted by Crippen LogP contribution is 2.24. The monoisotopic (exact) mass is 287 g/mol. The van der Waals surface area contributed by atoms with Crippen LogP contribution in [0, 0.1) is 5.92 Å². The van der Waals surface area contributed by atoms with E-state index in [0.717, 1.165) is 18.4 Å². The molecule has 21 heavy (non-hydrogen) atoms. The van der Waals surface area contributed by atoms with E-state index in [9.17, 15) is 9.59 Å². The molecule has 112 valence electrons. The lowest BCUT2D eigenvalue weighted by atomic mass is 9.96. The number of carbonyl (C=O) groups excluding carboxylic acids is 1. The van der Waals surface area contributed by atoms with E-state index in [-0.39, 0.29) is 11.8 Å². The van der Waals surface area contributed by atoms with Crippen LogP contribution in [0.1, 0.15) is 36.0 Å². The largest absolute Gasteiger partial charge is 0.481 e. The Labute approximate surface area is 124 Å². The quantitative estimate of drug-likeness (QED) is 0.925. The standard InChI is InChI=1S/C17H21NO3/c19-16(18-8-6-14(7-9-18)17(20)21)11-12-4-5-13-2-1-3-15(13)10-12/h4-5,10,14H,1-3,6-9,11H2,(H,20,21). The topological polar surface area (TPSA) is 57.6 Å². The predicted octanol–water partition coefficient (Wildman–Crippen LogP) is 2.04. The Morgan fingerprint density at radius 3 is 2.57 bits per heavy atom. The van der Waals surface area contributed by atoms with Crippen molar-refractivity contribution in [3.05, 3.63) is 34.9 Å². The molecule has 1 aliphatic carbocycles. The maximum absolute atomic E-state index is 12.3. The van der Waals surface area contributed by atoms with Crippen LogP contribution >= 0.6 is 0 Å². The summed E-state index contributed by atoms with van der Waals surface area (Å²) >= 11 is 0. The van der Waals surface area contributed by atoms with Gasteiger partial charge in [0, 0.05) is 13.1 Å². The van der Waals surface area contributed by atoms with Crippen LogP contribution in [0.5, 0.6) is 0 Å². The Morgan fingerprint density at radius 2 is 1.86 bits per heavy atom. The summed E-state index contributed by atoms with van der Waals surface area (Å²) in [6.45, 7) is 1.14. The van der Waals surface area contributed by atoms with Gasteiger partial charge >= 0.3 is 5.97 Å². The van der Waals surface area contributed by atoms with E-state index >= 15 is 0 Å². The molecule has 0 saturated carbocycles. The first-order valence-electron chi connectivity index (χ1n) is 7.75. The Hall–Kier alpha value is -1.84. The van der Waals surface area contributed by atoms with Crippen molar-refractivity contribution in [1.82, 2.24) is 4.90 Å². The number of amides is 1. The van der Waals surface area contributed by atoms with Gasteiger partial charge in [-0.15, -0.1) is 0 Å². The normalized spacial score (nSPS) is 18.6. The molecule has 1 heterocycles. The van der Waals surface area contributed by atoms with Crippen molar-refractivity contribution in [2.45, 2.75) is 38.5 Å². The van der Waals surface area contributed by atoms with Crippen molar-refractivity contribution >= 4 is 11.9 Å². The minimum absolute atomic E-state index is 0.122. The van der Waals surface area contributed by atoms with Crippen molar-refractivity contribution in [2.24, 2.45) is 5.92 Å². The first-order valence-corrected chi connectivity index (χ1v) is 7.75. The van der Waals surface area contributed by atoms with Crippen molar-refractivity contribution in [3.63, 3.8) is 0 Å². The lowest BCUT2D eigenvalue weighted by Crippen LogP contribution is -2.41. The van der Waals surface area contributed by atoms with E-state index in [1.807, 2.05) is 4.90 Å². The van der Waals surface area contributed by atoms with Gasteiger partial charge in [-0.05, 0) is 48.8 Å². The molecule has 1 fully saturated rings. The summed E-state index contributed by atoms with van der Waals surface area (Å²) in [5, 5.41) is 8.98. The minimum Gasteiger partial charge on any atom is -0.481 e. The fourth-order valence-electron chi connectivity index (χ4n) is 3.40. The Morgan fingerprint density at radius 1 is 1.14 bits per heavy atom. The number of nitrogens with zero attached hydrogens (tertiary/aromatic N) is 1. The number of hydrogen-bond acceptors (Lipinski definition) is 2. The number of hydrogen-bond donors (Lipinski definition) is 1. The highest BCUT2D eigenvalue weighted by molar-refractivity contribution is 5.79. The van der Waals surface area contributed by atoms with Gasteiger partial charge in [-0.25, -0.2) is 0 Å². The van der Waals surface area contributed by atoms with Crippen LogP contribution in [-0.2, 0) is 28.9 Å². The second kappa shape index (κ2) is 5.88. The highest BCUT2D eigenvalue weighted by atomic mass is 16.4. The van der Waals surface area contributed by atoms with Gasteiger partial charge in [0.1, 0.15) is 0 Å². The van der Waals surface area contributed by atoms with Gasteiger partial charge in [-0.3, -0.25) is 9.59 Å². The number of fused-ring (bicyclic) bond motifs is 1. The van der Waals surface area contributed by atoms with Crippen LogP contribution in [0.4, 0.5) is 0 Å². The number of rotatable bonds is 3. The zero-order valence-corrected chi connectivity index (χ0v) is 12.2. The summed E-state index contributed by atoms with van der Waals surface area (Å²) in [4.78, 5) is 25.1. The third kappa shape index (κ3) is 3.09. The van der Waals surface area contributed by atoms with E-state index in [4.69, 9.17) is 5.11 Å². The predicted molar refractivity (Wildman–Crippen MR) is 79.1 cm³/mol.